The second-order valence-corrected chi connectivity index (χ2v) is 9.98. The quantitative estimate of drug-likeness (QED) is 0.614. The van der Waals surface area contributed by atoms with Crippen molar-refractivity contribution in [1.82, 2.24) is 9.88 Å². The maximum Gasteiger partial charge on any atom is 0.433 e. The third kappa shape index (κ3) is 6.30. The number of aromatic nitrogens is 1. The molecule has 1 fully saturated rings. The van der Waals surface area contributed by atoms with Gasteiger partial charge in [0.15, 0.2) is 0 Å². The minimum atomic E-state index is -4.44. The van der Waals surface area contributed by atoms with Crippen LogP contribution in [0.5, 0.6) is 0 Å². The second kappa shape index (κ2) is 7.89. The summed E-state index contributed by atoms with van der Waals surface area (Å²) >= 11 is 1.36. The maximum absolute atomic E-state index is 12.9. The number of hydrogen-bond acceptors (Lipinski definition) is 4. The average Bonchev–Trinajstić information content (AvgIpc) is 2.52. The van der Waals surface area contributed by atoms with Crippen LogP contribution in [-0.4, -0.2) is 39.4 Å². The Hall–Kier alpha value is -1.44. The Kier molecular flexibility index (Phi) is 6.39. The van der Waals surface area contributed by atoms with E-state index < -0.39 is 17.5 Å². The monoisotopic (exact) mass is 404 g/mol. The van der Waals surface area contributed by atoms with Gasteiger partial charge in [-0.1, -0.05) is 31.7 Å². The molecule has 0 radical (unpaired) electrons. The van der Waals surface area contributed by atoms with Gasteiger partial charge in [-0.25, -0.2) is 9.78 Å². The highest BCUT2D eigenvalue weighted by Crippen LogP contribution is 2.42. The van der Waals surface area contributed by atoms with Crippen LogP contribution in [0.15, 0.2) is 23.2 Å². The van der Waals surface area contributed by atoms with Crippen LogP contribution in [0.4, 0.5) is 18.0 Å². The molecule has 1 aromatic rings. The summed E-state index contributed by atoms with van der Waals surface area (Å²) in [5, 5.41) is 0.365. The van der Waals surface area contributed by atoms with Crippen LogP contribution in [0.1, 0.15) is 53.2 Å². The number of ether oxygens (including phenoxy) is 1. The summed E-state index contributed by atoms with van der Waals surface area (Å²) in [6.07, 6.45) is -3.21. The fraction of sp³-hybridized carbons (Fsp3) is 0.684. The molecule has 2 rings (SSSR count). The summed E-state index contributed by atoms with van der Waals surface area (Å²) in [6, 6.07) is 3.98. The lowest BCUT2D eigenvalue weighted by Crippen LogP contribution is -2.45. The molecular weight excluding hydrogens is 377 g/mol. The standard InChI is InChI=1S/C19H27F3N2O2S/c1-17(2,3)26-16(25)24-11-9-13(10-12-24)18(4,5)27-15-8-6-7-14(23-15)19(20,21)22/h6-8,13H,9-12H2,1-5H3. The highest BCUT2D eigenvalue weighted by Gasteiger charge is 2.37. The van der Waals surface area contributed by atoms with Gasteiger partial charge >= 0.3 is 12.3 Å². The van der Waals surface area contributed by atoms with Crippen molar-refractivity contribution in [2.24, 2.45) is 5.92 Å². The largest absolute Gasteiger partial charge is 0.444 e. The van der Waals surface area contributed by atoms with Crippen LogP contribution in [0.2, 0.25) is 0 Å². The fourth-order valence-corrected chi connectivity index (χ4v) is 4.30. The minimum Gasteiger partial charge on any atom is -0.444 e. The molecular formula is C19H27F3N2O2S. The first-order valence-corrected chi connectivity index (χ1v) is 9.81. The molecule has 1 aliphatic rings. The van der Waals surface area contributed by atoms with Crippen molar-refractivity contribution in [1.29, 1.82) is 0 Å². The Morgan fingerprint density at radius 2 is 1.74 bits per heavy atom. The first-order valence-electron chi connectivity index (χ1n) is 8.99. The van der Waals surface area contributed by atoms with Crippen molar-refractivity contribution in [3.8, 4) is 0 Å². The van der Waals surface area contributed by atoms with Crippen molar-refractivity contribution in [2.75, 3.05) is 13.1 Å². The Morgan fingerprint density at radius 3 is 2.26 bits per heavy atom. The number of nitrogens with zero attached hydrogens (tertiary/aromatic N) is 2. The molecule has 1 saturated heterocycles. The molecule has 1 aromatic heterocycles. The summed E-state index contributed by atoms with van der Waals surface area (Å²) in [5.41, 5.74) is -1.40. The number of halogens is 3. The van der Waals surface area contributed by atoms with E-state index in [0.717, 1.165) is 18.9 Å². The summed E-state index contributed by atoms with van der Waals surface area (Å²) in [6.45, 7) is 10.7. The average molecular weight is 404 g/mol. The summed E-state index contributed by atoms with van der Waals surface area (Å²) in [7, 11) is 0. The lowest BCUT2D eigenvalue weighted by Gasteiger charge is -2.40. The molecule has 1 aliphatic heterocycles. The summed E-state index contributed by atoms with van der Waals surface area (Å²) in [5.74, 6) is 0.262. The zero-order chi connectivity index (χ0) is 20.5. The van der Waals surface area contributed by atoms with Crippen LogP contribution < -0.4 is 0 Å². The predicted octanol–water partition coefficient (Wildman–Crippen LogP) is 5.62. The smallest absolute Gasteiger partial charge is 0.433 e. The second-order valence-electron chi connectivity index (χ2n) is 8.31. The number of pyridine rings is 1. The number of carbonyl (C=O) groups is 1. The van der Waals surface area contributed by atoms with Gasteiger partial charge in [-0.05, 0) is 51.7 Å². The third-order valence-electron chi connectivity index (χ3n) is 4.51. The van der Waals surface area contributed by atoms with Gasteiger partial charge in [0.25, 0.3) is 0 Å². The van der Waals surface area contributed by atoms with Gasteiger partial charge in [0.1, 0.15) is 11.3 Å². The lowest BCUT2D eigenvalue weighted by atomic mass is 9.86. The van der Waals surface area contributed by atoms with E-state index in [1.54, 1.807) is 11.0 Å². The molecule has 0 saturated carbocycles. The van der Waals surface area contributed by atoms with E-state index in [4.69, 9.17) is 4.74 Å². The summed E-state index contributed by atoms with van der Waals surface area (Å²) < 4.78 is 43.7. The van der Waals surface area contributed by atoms with E-state index in [0.29, 0.717) is 18.1 Å². The highest BCUT2D eigenvalue weighted by atomic mass is 32.2. The van der Waals surface area contributed by atoms with E-state index >= 15 is 0 Å². The number of piperidine rings is 1. The molecule has 0 aliphatic carbocycles. The first kappa shape index (κ1) is 21.9. The number of alkyl halides is 3. The molecule has 0 spiro atoms. The molecule has 0 N–H and O–H groups in total. The van der Waals surface area contributed by atoms with Crippen molar-refractivity contribution in [3.05, 3.63) is 23.9 Å². The van der Waals surface area contributed by atoms with E-state index in [2.05, 4.69) is 4.98 Å². The minimum absolute atomic E-state index is 0.262. The first-order chi connectivity index (χ1) is 12.3. The van der Waals surface area contributed by atoms with Gasteiger partial charge in [0.2, 0.25) is 0 Å². The topological polar surface area (TPSA) is 42.4 Å². The molecule has 2 heterocycles. The van der Waals surface area contributed by atoms with Gasteiger partial charge in [-0.3, -0.25) is 0 Å². The van der Waals surface area contributed by atoms with Crippen LogP contribution in [0.3, 0.4) is 0 Å². The van der Waals surface area contributed by atoms with Gasteiger partial charge < -0.3 is 9.64 Å². The van der Waals surface area contributed by atoms with Gasteiger partial charge in [-0.2, -0.15) is 13.2 Å². The Bertz CT molecular complexity index is 664. The molecule has 152 valence electrons. The number of likely N-dealkylation sites (tertiary alicyclic amines) is 1. The number of amides is 1. The number of hydrogen-bond donors (Lipinski definition) is 0. The zero-order valence-corrected chi connectivity index (χ0v) is 17.2. The SMILES string of the molecule is CC(C)(C)OC(=O)N1CCC(C(C)(C)Sc2cccc(C(F)(F)F)n2)CC1. The van der Waals surface area contributed by atoms with Crippen LogP contribution in [0, 0.1) is 5.92 Å². The van der Waals surface area contributed by atoms with Crippen LogP contribution in [0.25, 0.3) is 0 Å². The molecule has 0 unspecified atom stereocenters. The van der Waals surface area contributed by atoms with E-state index in [9.17, 15) is 18.0 Å². The van der Waals surface area contributed by atoms with Crippen LogP contribution >= 0.6 is 11.8 Å². The zero-order valence-electron chi connectivity index (χ0n) is 16.4. The molecule has 0 atom stereocenters. The van der Waals surface area contributed by atoms with Crippen molar-refractivity contribution in [2.45, 2.75) is 69.0 Å². The molecule has 8 heteroatoms. The van der Waals surface area contributed by atoms with Gasteiger partial charge in [-0.15, -0.1) is 0 Å². The van der Waals surface area contributed by atoms with Crippen molar-refractivity contribution >= 4 is 17.9 Å². The van der Waals surface area contributed by atoms with Crippen molar-refractivity contribution in [3.63, 3.8) is 0 Å². The van der Waals surface area contributed by atoms with E-state index in [-0.39, 0.29) is 16.8 Å². The number of carbonyl (C=O) groups excluding carboxylic acids is 1. The number of rotatable bonds is 3. The van der Waals surface area contributed by atoms with Gasteiger partial charge in [0, 0.05) is 17.8 Å². The molecule has 27 heavy (non-hydrogen) atoms. The maximum atomic E-state index is 12.9. The molecule has 4 nitrogen and oxygen atoms in total. The number of thioether (sulfide) groups is 1. The predicted molar refractivity (Wildman–Crippen MR) is 99.7 cm³/mol. The Balaban J connectivity index is 1.98. The molecule has 1 amide bonds. The van der Waals surface area contributed by atoms with Gasteiger partial charge in [0.05, 0.1) is 5.03 Å². The lowest BCUT2D eigenvalue weighted by molar-refractivity contribution is -0.141. The van der Waals surface area contributed by atoms with E-state index in [1.807, 2.05) is 34.6 Å². The van der Waals surface area contributed by atoms with Crippen LogP contribution in [-0.2, 0) is 10.9 Å². The molecule has 0 aromatic carbocycles. The van der Waals surface area contributed by atoms with E-state index in [1.165, 1.54) is 17.8 Å². The summed E-state index contributed by atoms with van der Waals surface area (Å²) in [4.78, 5) is 17.6. The highest BCUT2D eigenvalue weighted by molar-refractivity contribution is 8.00. The van der Waals surface area contributed by atoms with Crippen molar-refractivity contribution < 1.29 is 22.7 Å². The Morgan fingerprint density at radius 1 is 1.15 bits per heavy atom. The Labute approximate surface area is 162 Å². The third-order valence-corrected chi connectivity index (χ3v) is 5.81. The normalized spacial score (nSPS) is 17.1. The fourth-order valence-electron chi connectivity index (χ4n) is 3.07. The molecule has 0 bridgehead atoms.